The van der Waals surface area contributed by atoms with Crippen molar-refractivity contribution >= 4 is 23.6 Å². The molecule has 1 aromatic carbocycles. The Bertz CT molecular complexity index is 528. The molecular formula is C12H15N3O4. The third-order valence-electron chi connectivity index (χ3n) is 2.44. The van der Waals surface area contributed by atoms with Crippen LogP contribution in [0.15, 0.2) is 18.2 Å². The molecule has 19 heavy (non-hydrogen) atoms. The molecule has 102 valence electrons. The van der Waals surface area contributed by atoms with Crippen molar-refractivity contribution in [3.63, 3.8) is 0 Å². The van der Waals surface area contributed by atoms with E-state index in [0.717, 1.165) is 5.56 Å². The number of nitrogens with one attached hydrogen (secondary N) is 1. The number of imide groups is 1. The summed E-state index contributed by atoms with van der Waals surface area (Å²) in [5.74, 6) is -1.54. The number of nitrogens with two attached hydrogens (primary N) is 2. The molecule has 0 heterocycles. The molecule has 7 nitrogen and oxygen atoms in total. The molecule has 0 fully saturated rings. The molecule has 5 N–H and O–H groups in total. The van der Waals surface area contributed by atoms with E-state index in [1.807, 2.05) is 5.32 Å². The molecule has 3 amide bonds. The van der Waals surface area contributed by atoms with Crippen LogP contribution in [-0.4, -0.2) is 24.0 Å². The zero-order chi connectivity index (χ0) is 14.6. The number of ether oxygens (including phenoxy) is 1. The van der Waals surface area contributed by atoms with Crippen molar-refractivity contribution in [2.24, 2.45) is 5.73 Å². The molecule has 1 rings (SSSR count). The Labute approximate surface area is 109 Å². The first-order chi connectivity index (χ1) is 8.82. The van der Waals surface area contributed by atoms with Gasteiger partial charge in [-0.1, -0.05) is 12.1 Å². The average Bonchev–Trinajstić information content (AvgIpc) is 2.31. The van der Waals surface area contributed by atoms with Gasteiger partial charge in [0.25, 0.3) is 5.91 Å². The minimum absolute atomic E-state index is 0.165. The van der Waals surface area contributed by atoms with Crippen molar-refractivity contribution in [3.05, 3.63) is 29.3 Å². The van der Waals surface area contributed by atoms with Crippen LogP contribution >= 0.6 is 0 Å². The number of carbonyl (C=O) groups is 3. The van der Waals surface area contributed by atoms with Crippen LogP contribution in [0.2, 0.25) is 0 Å². The number of amides is 3. The van der Waals surface area contributed by atoms with Gasteiger partial charge in [0.15, 0.2) is 6.10 Å². The van der Waals surface area contributed by atoms with Gasteiger partial charge in [0.1, 0.15) is 0 Å². The molecule has 1 unspecified atom stereocenters. The molecule has 0 bridgehead atoms. The second-order valence-electron chi connectivity index (χ2n) is 3.94. The van der Waals surface area contributed by atoms with E-state index in [4.69, 9.17) is 16.2 Å². The molecule has 0 saturated heterocycles. The lowest BCUT2D eigenvalue weighted by Gasteiger charge is -2.13. The predicted octanol–water partition coefficient (Wildman–Crippen LogP) is 0.317. The third-order valence-corrected chi connectivity index (χ3v) is 2.44. The van der Waals surface area contributed by atoms with Crippen molar-refractivity contribution < 1.29 is 19.1 Å². The lowest BCUT2D eigenvalue weighted by molar-refractivity contribution is -0.127. The second-order valence-corrected chi connectivity index (χ2v) is 3.94. The monoisotopic (exact) mass is 265 g/mol. The predicted molar refractivity (Wildman–Crippen MR) is 68.2 cm³/mol. The Morgan fingerprint density at radius 1 is 1.32 bits per heavy atom. The van der Waals surface area contributed by atoms with Crippen molar-refractivity contribution in [2.75, 3.05) is 5.73 Å². The maximum absolute atomic E-state index is 11.8. The van der Waals surface area contributed by atoms with Gasteiger partial charge in [-0.3, -0.25) is 10.1 Å². The number of esters is 1. The van der Waals surface area contributed by atoms with Gasteiger partial charge in [-0.05, 0) is 25.5 Å². The van der Waals surface area contributed by atoms with Crippen LogP contribution in [0.25, 0.3) is 0 Å². The summed E-state index contributed by atoms with van der Waals surface area (Å²) in [6.45, 7) is 3.07. The van der Waals surface area contributed by atoms with Crippen LogP contribution in [0.1, 0.15) is 22.8 Å². The zero-order valence-electron chi connectivity index (χ0n) is 10.6. The van der Waals surface area contributed by atoms with Crippen molar-refractivity contribution in [1.29, 1.82) is 0 Å². The lowest BCUT2D eigenvalue weighted by Crippen LogP contribution is -2.42. The number of hydrogen-bond donors (Lipinski definition) is 3. The summed E-state index contributed by atoms with van der Waals surface area (Å²) in [6.07, 6.45) is -1.15. The van der Waals surface area contributed by atoms with Crippen LogP contribution in [0.3, 0.4) is 0 Å². The van der Waals surface area contributed by atoms with Gasteiger partial charge < -0.3 is 16.2 Å². The number of hydrogen-bond acceptors (Lipinski definition) is 5. The normalized spacial score (nSPS) is 11.5. The minimum Gasteiger partial charge on any atom is -0.449 e. The molecule has 0 spiro atoms. The number of carbonyl (C=O) groups excluding carboxylic acids is 3. The fourth-order valence-corrected chi connectivity index (χ4v) is 1.36. The Hall–Kier alpha value is -2.57. The number of rotatable bonds is 3. The summed E-state index contributed by atoms with van der Waals surface area (Å²) in [5.41, 5.74) is 11.7. The van der Waals surface area contributed by atoms with E-state index < -0.39 is 24.0 Å². The summed E-state index contributed by atoms with van der Waals surface area (Å²) in [7, 11) is 0. The number of aryl methyl sites for hydroxylation is 1. The number of primary amides is 1. The van der Waals surface area contributed by atoms with E-state index in [1.165, 1.54) is 13.0 Å². The number of nitrogen functional groups attached to an aromatic ring is 1. The van der Waals surface area contributed by atoms with Gasteiger partial charge in [0.2, 0.25) is 0 Å². The summed E-state index contributed by atoms with van der Waals surface area (Å²) in [4.78, 5) is 33.7. The van der Waals surface area contributed by atoms with E-state index in [0.29, 0.717) is 0 Å². The highest BCUT2D eigenvalue weighted by atomic mass is 16.5. The molecule has 0 saturated carbocycles. The Balaban J connectivity index is 2.77. The standard InChI is InChI=1S/C12H15N3O4/c1-6-4-3-5-8(9(6)13)11(17)19-7(2)10(16)15-12(14)18/h3-5,7H,13H2,1-2H3,(H3,14,15,16,18). The topological polar surface area (TPSA) is 125 Å². The van der Waals surface area contributed by atoms with Gasteiger partial charge in [-0.2, -0.15) is 0 Å². The first-order valence-electron chi connectivity index (χ1n) is 5.49. The highest BCUT2D eigenvalue weighted by Crippen LogP contribution is 2.17. The molecule has 7 heteroatoms. The quantitative estimate of drug-likeness (QED) is 0.536. The zero-order valence-corrected chi connectivity index (χ0v) is 10.6. The van der Waals surface area contributed by atoms with E-state index in [2.05, 4.69) is 0 Å². The molecule has 1 aromatic rings. The fraction of sp³-hybridized carbons (Fsp3) is 0.250. The largest absolute Gasteiger partial charge is 0.449 e. The van der Waals surface area contributed by atoms with E-state index in [9.17, 15) is 14.4 Å². The summed E-state index contributed by atoms with van der Waals surface area (Å²) < 4.78 is 4.90. The smallest absolute Gasteiger partial charge is 0.341 e. The molecule has 1 atom stereocenters. The maximum Gasteiger partial charge on any atom is 0.341 e. The summed E-state index contributed by atoms with van der Waals surface area (Å²) >= 11 is 0. The van der Waals surface area contributed by atoms with Crippen LogP contribution in [0.4, 0.5) is 10.5 Å². The number of urea groups is 1. The first kappa shape index (κ1) is 14.5. The van der Waals surface area contributed by atoms with E-state index >= 15 is 0 Å². The Morgan fingerprint density at radius 3 is 2.53 bits per heavy atom. The minimum atomic E-state index is -1.15. The summed E-state index contributed by atoms with van der Waals surface area (Å²) in [5, 5.41) is 1.82. The molecule has 0 aliphatic heterocycles. The van der Waals surface area contributed by atoms with E-state index in [-0.39, 0.29) is 11.3 Å². The van der Waals surface area contributed by atoms with Crippen molar-refractivity contribution in [3.8, 4) is 0 Å². The van der Waals surface area contributed by atoms with Gasteiger partial charge in [0.05, 0.1) is 5.56 Å². The van der Waals surface area contributed by atoms with Crippen LogP contribution in [0, 0.1) is 6.92 Å². The average molecular weight is 265 g/mol. The molecular weight excluding hydrogens is 250 g/mol. The maximum atomic E-state index is 11.8. The lowest BCUT2D eigenvalue weighted by atomic mass is 10.1. The third kappa shape index (κ3) is 3.70. The Kier molecular flexibility index (Phi) is 4.46. The van der Waals surface area contributed by atoms with Gasteiger partial charge >= 0.3 is 12.0 Å². The highest BCUT2D eigenvalue weighted by molar-refractivity contribution is 5.99. The van der Waals surface area contributed by atoms with Gasteiger partial charge in [-0.15, -0.1) is 0 Å². The molecule has 0 aliphatic rings. The summed E-state index contributed by atoms with van der Waals surface area (Å²) in [6, 6.07) is 3.87. The van der Waals surface area contributed by atoms with Crippen molar-refractivity contribution in [1.82, 2.24) is 5.32 Å². The number of benzene rings is 1. The van der Waals surface area contributed by atoms with Crippen molar-refractivity contribution in [2.45, 2.75) is 20.0 Å². The van der Waals surface area contributed by atoms with Crippen LogP contribution in [-0.2, 0) is 9.53 Å². The molecule has 0 aromatic heterocycles. The van der Waals surface area contributed by atoms with E-state index in [1.54, 1.807) is 19.1 Å². The second kappa shape index (κ2) is 5.85. The number of para-hydroxylation sites is 1. The fourth-order valence-electron chi connectivity index (χ4n) is 1.36. The van der Waals surface area contributed by atoms with Gasteiger partial charge in [-0.25, -0.2) is 9.59 Å². The SMILES string of the molecule is Cc1cccc(C(=O)OC(C)C(=O)NC(N)=O)c1N. The highest BCUT2D eigenvalue weighted by Gasteiger charge is 2.21. The first-order valence-corrected chi connectivity index (χ1v) is 5.49. The Morgan fingerprint density at radius 2 is 1.95 bits per heavy atom. The number of anilines is 1. The molecule has 0 radical (unpaired) electrons. The molecule has 0 aliphatic carbocycles. The van der Waals surface area contributed by atoms with Crippen LogP contribution < -0.4 is 16.8 Å². The van der Waals surface area contributed by atoms with Gasteiger partial charge in [0, 0.05) is 5.69 Å². The van der Waals surface area contributed by atoms with Crippen LogP contribution in [0.5, 0.6) is 0 Å².